The van der Waals surface area contributed by atoms with Crippen LogP contribution in [0.3, 0.4) is 0 Å². The second-order valence-electron chi connectivity index (χ2n) is 6.24. The molecule has 0 saturated heterocycles. The maximum atomic E-state index is 12.5. The zero-order valence-corrected chi connectivity index (χ0v) is 11.9. The molecular weight excluding hydrogens is 254 g/mol. The van der Waals surface area contributed by atoms with Gasteiger partial charge in [-0.25, -0.2) is 0 Å². The van der Waals surface area contributed by atoms with E-state index in [9.17, 15) is 9.59 Å². The minimum absolute atomic E-state index is 0.00597. The molecule has 0 aliphatic heterocycles. The normalized spacial score (nSPS) is 31.6. The Balaban J connectivity index is 1.80. The Morgan fingerprint density at radius 2 is 2.10 bits per heavy atom. The van der Waals surface area contributed by atoms with Gasteiger partial charge in [0.25, 0.3) is 5.56 Å². The van der Waals surface area contributed by atoms with Crippen LogP contribution in [0.2, 0.25) is 0 Å². The number of pyridine rings is 1. The van der Waals surface area contributed by atoms with E-state index in [0.29, 0.717) is 17.5 Å². The summed E-state index contributed by atoms with van der Waals surface area (Å²) in [6.07, 6.45) is 5.04. The quantitative estimate of drug-likeness (QED) is 0.845. The van der Waals surface area contributed by atoms with Crippen LogP contribution < -0.4 is 16.6 Å². The highest BCUT2D eigenvalue weighted by Crippen LogP contribution is 2.47. The number of aromatic nitrogens is 1. The second kappa shape index (κ2) is 4.74. The highest BCUT2D eigenvalue weighted by Gasteiger charge is 2.49. The number of amides is 1. The van der Waals surface area contributed by atoms with Crippen LogP contribution in [0.25, 0.3) is 0 Å². The molecule has 0 aromatic carbocycles. The molecule has 4 atom stereocenters. The molecular formula is C15H21N3O2. The van der Waals surface area contributed by atoms with Crippen molar-refractivity contribution in [3.8, 4) is 0 Å². The van der Waals surface area contributed by atoms with E-state index in [2.05, 4.69) is 5.32 Å². The number of carbonyl (C=O) groups excluding carboxylic acids is 1. The molecule has 108 valence electrons. The van der Waals surface area contributed by atoms with Crippen LogP contribution in [-0.2, 0) is 11.8 Å². The molecule has 1 aromatic rings. The van der Waals surface area contributed by atoms with Crippen molar-refractivity contribution in [3.63, 3.8) is 0 Å². The third-order valence-corrected chi connectivity index (χ3v) is 4.98. The molecule has 2 saturated carbocycles. The predicted molar refractivity (Wildman–Crippen MR) is 77.3 cm³/mol. The topological polar surface area (TPSA) is 77.1 Å². The van der Waals surface area contributed by atoms with Crippen molar-refractivity contribution in [2.24, 2.45) is 30.5 Å². The van der Waals surface area contributed by atoms with Gasteiger partial charge in [-0.1, -0.05) is 0 Å². The van der Waals surface area contributed by atoms with E-state index < -0.39 is 0 Å². The lowest BCUT2D eigenvalue weighted by molar-refractivity contribution is -0.121. The van der Waals surface area contributed by atoms with Crippen molar-refractivity contribution in [1.82, 2.24) is 4.57 Å². The Morgan fingerprint density at radius 3 is 2.75 bits per heavy atom. The molecule has 1 heterocycles. The maximum absolute atomic E-state index is 12.5. The summed E-state index contributed by atoms with van der Waals surface area (Å²) in [6.45, 7) is 1.83. The van der Waals surface area contributed by atoms with Gasteiger partial charge < -0.3 is 15.6 Å². The maximum Gasteiger partial charge on any atom is 0.250 e. The number of nitrogens with one attached hydrogen (secondary N) is 1. The van der Waals surface area contributed by atoms with Crippen LogP contribution in [0.1, 0.15) is 24.8 Å². The number of nitrogens with two attached hydrogens (primary N) is 1. The van der Waals surface area contributed by atoms with Gasteiger partial charge in [0.2, 0.25) is 5.91 Å². The van der Waals surface area contributed by atoms with Crippen molar-refractivity contribution in [3.05, 3.63) is 28.2 Å². The number of hydrogen-bond donors (Lipinski definition) is 2. The van der Waals surface area contributed by atoms with Gasteiger partial charge in [-0.15, -0.1) is 0 Å². The highest BCUT2D eigenvalue weighted by molar-refractivity contribution is 5.94. The van der Waals surface area contributed by atoms with Crippen molar-refractivity contribution in [1.29, 1.82) is 0 Å². The van der Waals surface area contributed by atoms with Gasteiger partial charge in [-0.3, -0.25) is 9.59 Å². The first-order valence-electron chi connectivity index (χ1n) is 7.21. The van der Waals surface area contributed by atoms with Gasteiger partial charge in [0.1, 0.15) is 0 Å². The summed E-state index contributed by atoms with van der Waals surface area (Å²) in [7, 11) is 1.68. The van der Waals surface area contributed by atoms with E-state index in [1.807, 2.05) is 6.92 Å². The van der Waals surface area contributed by atoms with Gasteiger partial charge in [0.15, 0.2) is 0 Å². The molecule has 2 aliphatic carbocycles. The summed E-state index contributed by atoms with van der Waals surface area (Å²) in [5.74, 6) is 0.872. The number of fused-ring (bicyclic) bond motifs is 2. The van der Waals surface area contributed by atoms with Crippen molar-refractivity contribution in [2.45, 2.75) is 32.2 Å². The molecule has 1 amide bonds. The number of aryl methyl sites for hydroxylation is 2. The fourth-order valence-corrected chi connectivity index (χ4v) is 3.80. The van der Waals surface area contributed by atoms with Crippen LogP contribution >= 0.6 is 0 Å². The van der Waals surface area contributed by atoms with Crippen LogP contribution in [0, 0.1) is 24.7 Å². The molecule has 2 bridgehead atoms. The Kier molecular flexibility index (Phi) is 3.17. The molecule has 20 heavy (non-hydrogen) atoms. The van der Waals surface area contributed by atoms with Gasteiger partial charge in [-0.05, 0) is 43.6 Å². The van der Waals surface area contributed by atoms with Crippen LogP contribution in [0.5, 0.6) is 0 Å². The van der Waals surface area contributed by atoms with Crippen molar-refractivity contribution in [2.75, 3.05) is 5.32 Å². The summed E-state index contributed by atoms with van der Waals surface area (Å²) in [4.78, 5) is 24.0. The summed E-state index contributed by atoms with van der Waals surface area (Å²) >= 11 is 0. The van der Waals surface area contributed by atoms with E-state index in [4.69, 9.17) is 5.73 Å². The lowest BCUT2D eigenvalue weighted by atomic mass is 9.84. The molecule has 5 nitrogen and oxygen atoms in total. The molecule has 4 unspecified atom stereocenters. The van der Waals surface area contributed by atoms with Gasteiger partial charge >= 0.3 is 0 Å². The van der Waals surface area contributed by atoms with Crippen LogP contribution in [0.15, 0.2) is 17.1 Å². The smallest absolute Gasteiger partial charge is 0.250 e. The van der Waals surface area contributed by atoms with E-state index in [1.54, 1.807) is 13.2 Å². The molecule has 5 heteroatoms. The first kappa shape index (κ1) is 13.4. The molecule has 0 spiro atoms. The van der Waals surface area contributed by atoms with Crippen molar-refractivity contribution < 1.29 is 4.79 Å². The number of hydrogen-bond acceptors (Lipinski definition) is 3. The SMILES string of the molecule is Cc1cc(=O)n(C)cc1NC(=O)C1C2CCC(C2)C1N. The number of anilines is 1. The van der Waals surface area contributed by atoms with E-state index in [1.165, 1.54) is 10.6 Å². The number of rotatable bonds is 2. The van der Waals surface area contributed by atoms with Gasteiger partial charge in [-0.2, -0.15) is 0 Å². The molecule has 3 rings (SSSR count). The molecule has 3 N–H and O–H groups in total. The van der Waals surface area contributed by atoms with Crippen molar-refractivity contribution >= 4 is 11.6 Å². The first-order valence-corrected chi connectivity index (χ1v) is 7.21. The average Bonchev–Trinajstić information content (AvgIpc) is 2.96. The largest absolute Gasteiger partial charge is 0.327 e. The molecule has 1 aromatic heterocycles. The molecule has 2 aliphatic rings. The minimum atomic E-state index is -0.0783. The highest BCUT2D eigenvalue weighted by atomic mass is 16.2. The Hall–Kier alpha value is -1.62. The summed E-state index contributed by atoms with van der Waals surface area (Å²) in [5, 5.41) is 2.96. The van der Waals surface area contributed by atoms with Crippen LogP contribution in [0.4, 0.5) is 5.69 Å². The fraction of sp³-hybridized carbons (Fsp3) is 0.600. The fourth-order valence-electron chi connectivity index (χ4n) is 3.80. The lowest BCUT2D eigenvalue weighted by Gasteiger charge is -2.27. The predicted octanol–water partition coefficient (Wildman–Crippen LogP) is 1.01. The van der Waals surface area contributed by atoms with Gasteiger partial charge in [0.05, 0.1) is 11.6 Å². The summed E-state index contributed by atoms with van der Waals surface area (Å²) in [5.41, 5.74) is 7.61. The Morgan fingerprint density at radius 1 is 1.40 bits per heavy atom. The minimum Gasteiger partial charge on any atom is -0.327 e. The van der Waals surface area contributed by atoms with E-state index in [-0.39, 0.29) is 23.4 Å². The summed E-state index contributed by atoms with van der Waals surface area (Å²) < 4.78 is 1.48. The average molecular weight is 275 g/mol. The third kappa shape index (κ3) is 2.06. The molecule has 0 radical (unpaired) electrons. The zero-order chi connectivity index (χ0) is 14.4. The number of nitrogens with zero attached hydrogens (tertiary/aromatic N) is 1. The van der Waals surface area contributed by atoms with E-state index in [0.717, 1.165) is 24.8 Å². The Bertz CT molecular complexity index is 606. The summed E-state index contributed by atoms with van der Waals surface area (Å²) in [6, 6.07) is 1.53. The number of carbonyl (C=O) groups is 1. The Labute approximate surface area is 118 Å². The monoisotopic (exact) mass is 275 g/mol. The first-order chi connectivity index (χ1) is 9.47. The second-order valence-corrected chi connectivity index (χ2v) is 6.24. The van der Waals surface area contributed by atoms with Gasteiger partial charge in [0, 0.05) is 25.4 Å². The lowest BCUT2D eigenvalue weighted by Crippen LogP contribution is -2.42. The third-order valence-electron chi connectivity index (χ3n) is 4.98. The standard InChI is InChI=1S/C15H21N3O2/c1-8-5-12(19)18(2)7-11(8)17-15(20)13-9-3-4-10(6-9)14(13)16/h5,7,9-10,13-14H,3-4,6,16H2,1-2H3,(H,17,20). The van der Waals surface area contributed by atoms with E-state index >= 15 is 0 Å². The molecule has 2 fully saturated rings. The van der Waals surface area contributed by atoms with Crippen LogP contribution in [-0.4, -0.2) is 16.5 Å². The zero-order valence-electron chi connectivity index (χ0n) is 11.9.